The van der Waals surface area contributed by atoms with Crippen molar-refractivity contribution in [3.8, 4) is 11.1 Å². The van der Waals surface area contributed by atoms with E-state index in [0.717, 1.165) is 60.4 Å². The van der Waals surface area contributed by atoms with Crippen LogP contribution in [0.5, 0.6) is 0 Å². The van der Waals surface area contributed by atoms with Gasteiger partial charge in [-0.1, -0.05) is 18.2 Å². The summed E-state index contributed by atoms with van der Waals surface area (Å²) in [6, 6.07) is 9.65. The van der Waals surface area contributed by atoms with Crippen LogP contribution in [0.4, 0.5) is 23.2 Å². The van der Waals surface area contributed by atoms with Crippen molar-refractivity contribution in [2.75, 3.05) is 38.2 Å². The summed E-state index contributed by atoms with van der Waals surface area (Å²) in [5.74, 6) is 0. The second-order valence-electron chi connectivity index (χ2n) is 11.2. The van der Waals surface area contributed by atoms with Crippen LogP contribution in [0.2, 0.25) is 0 Å². The van der Waals surface area contributed by atoms with E-state index in [9.17, 15) is 17.6 Å². The van der Waals surface area contributed by atoms with Gasteiger partial charge in [-0.25, -0.2) is 0 Å². The molecule has 39 heavy (non-hydrogen) atoms. The third-order valence-electron chi connectivity index (χ3n) is 8.07. The molecule has 1 aliphatic carbocycles. The number of alkyl halides is 4. The van der Waals surface area contributed by atoms with E-state index in [-0.39, 0.29) is 18.8 Å². The summed E-state index contributed by atoms with van der Waals surface area (Å²) >= 11 is 0. The van der Waals surface area contributed by atoms with Crippen LogP contribution in [0.15, 0.2) is 48.9 Å². The first kappa shape index (κ1) is 26.3. The minimum absolute atomic E-state index is 0.261. The molecule has 1 saturated heterocycles. The third kappa shape index (κ3) is 5.82. The van der Waals surface area contributed by atoms with Crippen LogP contribution < -0.4 is 5.32 Å². The van der Waals surface area contributed by atoms with Crippen LogP contribution in [-0.4, -0.2) is 75.7 Å². The molecule has 3 aromatic rings. The maximum absolute atomic E-state index is 13.7. The molecular weight excluding hydrogens is 508 g/mol. The molecule has 2 fully saturated rings. The summed E-state index contributed by atoms with van der Waals surface area (Å²) in [4.78, 5) is 8.38. The lowest BCUT2D eigenvalue weighted by atomic mass is 9.85. The fourth-order valence-corrected chi connectivity index (χ4v) is 5.92. The average molecular weight is 543 g/mol. The molecule has 208 valence electrons. The number of nitrogens with zero attached hydrogens (tertiary/aromatic N) is 5. The van der Waals surface area contributed by atoms with E-state index >= 15 is 0 Å². The Kier molecular flexibility index (Phi) is 7.09. The Labute approximate surface area is 226 Å². The normalized spacial score (nSPS) is 22.5. The Morgan fingerprint density at radius 3 is 2.56 bits per heavy atom. The number of benzene rings is 1. The molecule has 2 atom stereocenters. The summed E-state index contributed by atoms with van der Waals surface area (Å²) in [6.45, 7) is 3.01. The zero-order valence-corrected chi connectivity index (χ0v) is 22.0. The van der Waals surface area contributed by atoms with Crippen molar-refractivity contribution in [3.63, 3.8) is 0 Å². The molecule has 0 unspecified atom stereocenters. The molecule has 0 radical (unpaired) electrons. The second-order valence-corrected chi connectivity index (χ2v) is 11.2. The number of rotatable bonds is 9. The predicted molar refractivity (Wildman–Crippen MR) is 142 cm³/mol. The molecule has 0 amide bonds. The first-order valence-electron chi connectivity index (χ1n) is 13.8. The van der Waals surface area contributed by atoms with Gasteiger partial charge in [0.1, 0.15) is 0 Å². The van der Waals surface area contributed by atoms with Crippen molar-refractivity contribution in [1.82, 2.24) is 24.6 Å². The minimum Gasteiger partial charge on any atom is -0.378 e. The third-order valence-corrected chi connectivity index (χ3v) is 8.07. The Hall–Kier alpha value is -2.98. The molecule has 6 rings (SSSR count). The highest BCUT2D eigenvalue weighted by molar-refractivity contribution is 5.64. The lowest BCUT2D eigenvalue weighted by Crippen LogP contribution is -2.54. The van der Waals surface area contributed by atoms with Crippen LogP contribution in [0.3, 0.4) is 0 Å². The van der Waals surface area contributed by atoms with E-state index in [0.29, 0.717) is 24.6 Å². The Balaban J connectivity index is 1.25. The van der Waals surface area contributed by atoms with E-state index in [1.165, 1.54) is 4.90 Å². The predicted octanol–water partition coefficient (Wildman–Crippen LogP) is 5.63. The number of pyridine rings is 1. The van der Waals surface area contributed by atoms with Crippen molar-refractivity contribution in [2.24, 2.45) is 0 Å². The van der Waals surface area contributed by atoms with Gasteiger partial charge >= 0.3 is 6.18 Å². The molecule has 2 aromatic heterocycles. The van der Waals surface area contributed by atoms with Crippen LogP contribution in [0.25, 0.3) is 11.1 Å². The summed E-state index contributed by atoms with van der Waals surface area (Å²) in [5, 5.41) is 7.94. The molecular formula is C29H34F4N6. The van der Waals surface area contributed by atoms with E-state index in [2.05, 4.69) is 32.6 Å². The van der Waals surface area contributed by atoms with Gasteiger partial charge < -0.3 is 5.32 Å². The summed E-state index contributed by atoms with van der Waals surface area (Å²) in [5.41, 5.74) is 5.41. The SMILES string of the molecule is C[C@@H]1Cc2cc(-c3cnn(C4CC4)c3)ccc2[C@H](c2ccc(NC3CN(CCCF)C3)cn2)N1CC(F)(F)F. The fraction of sp³-hybridized carbons (Fsp3) is 0.517. The molecule has 0 spiro atoms. The van der Waals surface area contributed by atoms with Gasteiger partial charge in [-0.05, 0) is 61.4 Å². The van der Waals surface area contributed by atoms with Crippen LogP contribution in [0, 0.1) is 0 Å². The number of halogens is 4. The number of hydrogen-bond donors (Lipinski definition) is 1. The molecule has 1 saturated carbocycles. The number of likely N-dealkylation sites (tertiary alicyclic amines) is 1. The van der Waals surface area contributed by atoms with Crippen LogP contribution >= 0.6 is 0 Å². The molecule has 10 heteroatoms. The lowest BCUT2D eigenvalue weighted by Gasteiger charge is -2.42. The molecule has 1 aromatic carbocycles. The minimum atomic E-state index is -4.32. The van der Waals surface area contributed by atoms with Gasteiger partial charge in [0.15, 0.2) is 0 Å². The number of nitrogens with one attached hydrogen (secondary N) is 1. The summed E-state index contributed by atoms with van der Waals surface area (Å²) < 4.78 is 55.5. The van der Waals surface area contributed by atoms with Gasteiger partial charge in [0.05, 0.1) is 55.1 Å². The van der Waals surface area contributed by atoms with E-state index < -0.39 is 18.8 Å². The summed E-state index contributed by atoms with van der Waals surface area (Å²) in [7, 11) is 0. The first-order valence-corrected chi connectivity index (χ1v) is 13.8. The topological polar surface area (TPSA) is 49.2 Å². The smallest absolute Gasteiger partial charge is 0.378 e. The van der Waals surface area contributed by atoms with Crippen LogP contribution in [-0.2, 0) is 6.42 Å². The van der Waals surface area contributed by atoms with Crippen molar-refractivity contribution in [3.05, 3.63) is 65.7 Å². The quantitative estimate of drug-likeness (QED) is 0.355. The van der Waals surface area contributed by atoms with E-state index in [1.54, 1.807) is 6.20 Å². The van der Waals surface area contributed by atoms with Gasteiger partial charge in [-0.2, -0.15) is 18.3 Å². The molecule has 4 heterocycles. The van der Waals surface area contributed by atoms with Gasteiger partial charge in [-0.3, -0.25) is 23.9 Å². The molecule has 6 nitrogen and oxygen atoms in total. The van der Waals surface area contributed by atoms with Gasteiger partial charge in [0.2, 0.25) is 0 Å². The average Bonchev–Trinajstić information content (AvgIpc) is 3.61. The number of aromatic nitrogens is 3. The molecule has 0 bridgehead atoms. The fourth-order valence-electron chi connectivity index (χ4n) is 5.92. The molecule has 2 aliphatic heterocycles. The standard InChI is InChI=1S/C29H34F4N6/c1-19-11-21-12-20(22-13-35-39(15-22)25-5-6-25)3-7-26(21)28(38(19)18-29(31,32)33)27-8-4-23(14-34-27)36-24-16-37(17-24)10-2-9-30/h3-4,7-8,12-15,19,24-25,28,36H,2,5-6,9-11,16-18H2,1H3/t19-,28-/m1/s1. The van der Waals surface area contributed by atoms with Crippen molar-refractivity contribution in [1.29, 1.82) is 0 Å². The van der Waals surface area contributed by atoms with E-state index in [4.69, 9.17) is 0 Å². The highest BCUT2D eigenvalue weighted by atomic mass is 19.4. The Morgan fingerprint density at radius 2 is 1.87 bits per heavy atom. The van der Waals surface area contributed by atoms with Crippen molar-refractivity contribution in [2.45, 2.75) is 63.0 Å². The first-order chi connectivity index (χ1) is 18.8. The zero-order chi connectivity index (χ0) is 27.1. The Bertz CT molecular complexity index is 1280. The van der Waals surface area contributed by atoms with Crippen molar-refractivity contribution >= 4 is 5.69 Å². The maximum atomic E-state index is 13.7. The highest BCUT2D eigenvalue weighted by Crippen LogP contribution is 2.41. The Morgan fingerprint density at radius 1 is 1.05 bits per heavy atom. The largest absolute Gasteiger partial charge is 0.401 e. The monoisotopic (exact) mass is 542 g/mol. The summed E-state index contributed by atoms with van der Waals surface area (Å²) in [6.07, 6.45) is 4.72. The number of fused-ring (bicyclic) bond motifs is 1. The van der Waals surface area contributed by atoms with Crippen molar-refractivity contribution < 1.29 is 17.6 Å². The second kappa shape index (κ2) is 10.5. The number of anilines is 1. The van der Waals surface area contributed by atoms with Gasteiger partial charge in [0, 0.05) is 37.4 Å². The maximum Gasteiger partial charge on any atom is 0.401 e. The number of hydrogen-bond acceptors (Lipinski definition) is 5. The molecule has 1 N–H and O–H groups in total. The van der Waals surface area contributed by atoms with Gasteiger partial charge in [-0.15, -0.1) is 0 Å². The molecule has 3 aliphatic rings. The zero-order valence-electron chi connectivity index (χ0n) is 22.0. The highest BCUT2D eigenvalue weighted by Gasteiger charge is 2.41. The lowest BCUT2D eigenvalue weighted by molar-refractivity contribution is -0.155. The van der Waals surface area contributed by atoms with Crippen LogP contribution in [0.1, 0.15) is 55.1 Å². The van der Waals surface area contributed by atoms with E-state index in [1.807, 2.05) is 42.1 Å². The van der Waals surface area contributed by atoms with Gasteiger partial charge in [0.25, 0.3) is 0 Å².